The number of nitrogens with two attached hydrogens (primary N) is 1. The van der Waals surface area contributed by atoms with Crippen molar-refractivity contribution in [3.63, 3.8) is 0 Å². The third-order valence-electron chi connectivity index (χ3n) is 2.07. The first-order valence-electron chi connectivity index (χ1n) is 4.74. The Balaban J connectivity index is 2.31. The van der Waals surface area contributed by atoms with E-state index >= 15 is 0 Å². The van der Waals surface area contributed by atoms with Gasteiger partial charge in [-0.25, -0.2) is 0 Å². The molecule has 0 aliphatic heterocycles. The van der Waals surface area contributed by atoms with Gasteiger partial charge in [0, 0.05) is 10.7 Å². The fourth-order valence-electron chi connectivity index (χ4n) is 1.28. The van der Waals surface area contributed by atoms with E-state index in [0.717, 1.165) is 4.47 Å². The van der Waals surface area contributed by atoms with Crippen LogP contribution < -0.4 is 10.5 Å². The van der Waals surface area contributed by atoms with Gasteiger partial charge in [-0.2, -0.15) is 0 Å². The Morgan fingerprint density at radius 2 is 1.71 bits per heavy atom. The number of halogens is 3. The van der Waals surface area contributed by atoms with Crippen molar-refractivity contribution >= 4 is 44.8 Å². The van der Waals surface area contributed by atoms with Gasteiger partial charge in [0.25, 0.3) is 0 Å². The molecule has 2 aromatic rings. The minimum atomic E-state index is 0.465. The molecule has 0 unspecified atom stereocenters. The molecule has 0 aliphatic rings. The number of nitrogen functional groups attached to an aromatic ring is 1. The zero-order chi connectivity index (χ0) is 12.4. The van der Waals surface area contributed by atoms with Gasteiger partial charge in [-0.05, 0) is 52.3 Å². The fourth-order valence-corrected chi connectivity index (χ4v) is 2.27. The van der Waals surface area contributed by atoms with Gasteiger partial charge in [0.1, 0.15) is 11.5 Å². The van der Waals surface area contributed by atoms with E-state index in [1.807, 2.05) is 0 Å². The number of hydrogen-bond donors (Lipinski definition) is 1. The molecule has 0 heterocycles. The van der Waals surface area contributed by atoms with E-state index in [1.165, 1.54) is 0 Å². The molecule has 2 N–H and O–H groups in total. The molecule has 17 heavy (non-hydrogen) atoms. The van der Waals surface area contributed by atoms with Crippen LogP contribution in [0.2, 0.25) is 10.0 Å². The highest BCUT2D eigenvalue weighted by molar-refractivity contribution is 9.10. The van der Waals surface area contributed by atoms with E-state index in [9.17, 15) is 0 Å². The Morgan fingerprint density at radius 1 is 1.00 bits per heavy atom. The average Bonchev–Trinajstić information content (AvgIpc) is 2.25. The minimum Gasteiger partial charge on any atom is -0.455 e. The van der Waals surface area contributed by atoms with Crippen molar-refractivity contribution in [3.05, 3.63) is 50.9 Å². The average molecular weight is 333 g/mol. The molecule has 2 nitrogen and oxygen atoms in total. The van der Waals surface area contributed by atoms with Gasteiger partial charge >= 0.3 is 0 Å². The molecule has 88 valence electrons. The normalized spacial score (nSPS) is 10.3. The zero-order valence-corrected chi connectivity index (χ0v) is 11.7. The maximum atomic E-state index is 6.02. The maximum absolute atomic E-state index is 6.02. The largest absolute Gasteiger partial charge is 0.455 e. The lowest BCUT2D eigenvalue weighted by Crippen LogP contribution is -1.89. The fraction of sp³-hybridized carbons (Fsp3) is 0. The zero-order valence-electron chi connectivity index (χ0n) is 8.58. The Labute approximate surface area is 117 Å². The lowest BCUT2D eigenvalue weighted by molar-refractivity contribution is 0.480. The van der Waals surface area contributed by atoms with Crippen LogP contribution in [0.5, 0.6) is 11.5 Å². The topological polar surface area (TPSA) is 35.2 Å². The molecule has 0 fully saturated rings. The highest BCUT2D eigenvalue weighted by atomic mass is 79.9. The molecule has 2 aromatic carbocycles. The van der Waals surface area contributed by atoms with E-state index in [2.05, 4.69) is 15.9 Å². The van der Waals surface area contributed by atoms with Crippen LogP contribution in [-0.2, 0) is 0 Å². The Kier molecular flexibility index (Phi) is 3.82. The summed E-state index contributed by atoms with van der Waals surface area (Å²) < 4.78 is 6.42. The summed E-state index contributed by atoms with van der Waals surface area (Å²) in [6, 6.07) is 10.3. The molecular weight excluding hydrogens is 325 g/mol. The summed E-state index contributed by atoms with van der Waals surface area (Å²) in [7, 11) is 0. The summed E-state index contributed by atoms with van der Waals surface area (Å²) in [4.78, 5) is 0. The molecule has 0 spiro atoms. The van der Waals surface area contributed by atoms with Crippen molar-refractivity contribution in [1.29, 1.82) is 0 Å². The number of ether oxygens (including phenoxy) is 1. The molecule has 2 rings (SSSR count). The molecule has 0 atom stereocenters. The molecule has 0 radical (unpaired) electrons. The number of anilines is 1. The van der Waals surface area contributed by atoms with Gasteiger partial charge in [-0.15, -0.1) is 0 Å². The van der Waals surface area contributed by atoms with Crippen molar-refractivity contribution in [2.75, 3.05) is 5.73 Å². The van der Waals surface area contributed by atoms with Gasteiger partial charge < -0.3 is 10.5 Å². The van der Waals surface area contributed by atoms with E-state index in [-0.39, 0.29) is 0 Å². The summed E-state index contributed by atoms with van der Waals surface area (Å²) >= 11 is 15.2. The second-order valence-electron chi connectivity index (χ2n) is 3.37. The molecule has 0 aliphatic carbocycles. The predicted molar refractivity (Wildman–Crippen MR) is 75.1 cm³/mol. The van der Waals surface area contributed by atoms with Crippen molar-refractivity contribution in [2.24, 2.45) is 0 Å². The van der Waals surface area contributed by atoms with E-state index in [4.69, 9.17) is 33.7 Å². The lowest BCUT2D eigenvalue weighted by Gasteiger charge is -2.09. The quantitative estimate of drug-likeness (QED) is 0.773. The highest BCUT2D eigenvalue weighted by Crippen LogP contribution is 2.35. The first kappa shape index (κ1) is 12.6. The second-order valence-corrected chi connectivity index (χ2v) is 5.06. The predicted octanol–water partition coefficient (Wildman–Crippen LogP) is 5.13. The molecule has 0 amide bonds. The minimum absolute atomic E-state index is 0.465. The summed E-state index contributed by atoms with van der Waals surface area (Å²) in [5.74, 6) is 1.19. The van der Waals surface area contributed by atoms with E-state index < -0.39 is 0 Å². The molecule has 5 heteroatoms. The molecule has 0 aromatic heterocycles. The second kappa shape index (κ2) is 5.17. The third kappa shape index (κ3) is 3.06. The van der Waals surface area contributed by atoms with Crippen LogP contribution in [0.25, 0.3) is 0 Å². The standard InChI is InChI=1S/C12H8BrCl2NO/c13-9-5-7(14)1-3-11(9)17-12-4-2-8(16)6-10(12)15/h1-6H,16H2. The van der Waals surface area contributed by atoms with E-state index in [0.29, 0.717) is 27.2 Å². The molecule has 0 bridgehead atoms. The summed E-state index contributed by atoms with van der Waals surface area (Å²) in [6.07, 6.45) is 0. The van der Waals surface area contributed by atoms with Crippen molar-refractivity contribution in [1.82, 2.24) is 0 Å². The molecule has 0 saturated carbocycles. The van der Waals surface area contributed by atoms with Gasteiger partial charge in [-0.3, -0.25) is 0 Å². The van der Waals surface area contributed by atoms with Crippen LogP contribution in [0, 0.1) is 0 Å². The van der Waals surface area contributed by atoms with E-state index in [1.54, 1.807) is 36.4 Å². The highest BCUT2D eigenvalue weighted by Gasteiger charge is 2.07. The Bertz CT molecular complexity index is 511. The smallest absolute Gasteiger partial charge is 0.146 e. The lowest BCUT2D eigenvalue weighted by atomic mass is 10.3. The number of rotatable bonds is 2. The molecule has 0 saturated heterocycles. The van der Waals surface area contributed by atoms with Gasteiger partial charge in [0.2, 0.25) is 0 Å². The van der Waals surface area contributed by atoms with Crippen LogP contribution in [-0.4, -0.2) is 0 Å². The first-order chi connectivity index (χ1) is 8.06. The van der Waals surface area contributed by atoms with Crippen LogP contribution in [0.3, 0.4) is 0 Å². The first-order valence-corrected chi connectivity index (χ1v) is 6.29. The monoisotopic (exact) mass is 331 g/mol. The summed E-state index contributed by atoms with van der Waals surface area (Å²) in [5.41, 5.74) is 6.20. The maximum Gasteiger partial charge on any atom is 0.146 e. The third-order valence-corrected chi connectivity index (χ3v) is 3.22. The SMILES string of the molecule is Nc1ccc(Oc2ccc(Cl)cc2Br)c(Cl)c1. The van der Waals surface area contributed by atoms with Crippen molar-refractivity contribution < 1.29 is 4.74 Å². The van der Waals surface area contributed by atoms with Crippen LogP contribution in [0.4, 0.5) is 5.69 Å². The van der Waals surface area contributed by atoms with Crippen LogP contribution >= 0.6 is 39.1 Å². The number of benzene rings is 2. The van der Waals surface area contributed by atoms with Gasteiger partial charge in [0.15, 0.2) is 0 Å². The van der Waals surface area contributed by atoms with Crippen LogP contribution in [0.15, 0.2) is 40.9 Å². The molecular formula is C12H8BrCl2NO. The summed E-state index contributed by atoms with van der Waals surface area (Å²) in [5, 5.41) is 1.10. The number of hydrogen-bond acceptors (Lipinski definition) is 2. The summed E-state index contributed by atoms with van der Waals surface area (Å²) in [6.45, 7) is 0. The Hall–Kier alpha value is -0.900. The van der Waals surface area contributed by atoms with Crippen molar-refractivity contribution in [2.45, 2.75) is 0 Å². The van der Waals surface area contributed by atoms with Crippen LogP contribution in [0.1, 0.15) is 0 Å². The van der Waals surface area contributed by atoms with Crippen molar-refractivity contribution in [3.8, 4) is 11.5 Å². The van der Waals surface area contributed by atoms with Gasteiger partial charge in [-0.1, -0.05) is 23.2 Å². The Morgan fingerprint density at radius 3 is 2.35 bits per heavy atom. The van der Waals surface area contributed by atoms with Gasteiger partial charge in [0.05, 0.1) is 9.50 Å².